The van der Waals surface area contributed by atoms with Crippen molar-refractivity contribution in [2.45, 2.75) is 42.2 Å². The summed E-state index contributed by atoms with van der Waals surface area (Å²) in [5, 5.41) is 2.74. The predicted molar refractivity (Wildman–Crippen MR) is 110 cm³/mol. The van der Waals surface area contributed by atoms with Gasteiger partial charge in [-0.25, -0.2) is 12.7 Å². The number of thioether (sulfide) groups is 1. The molecular formula is C20H24N2O3S2. The topological polar surface area (TPSA) is 66.5 Å². The van der Waals surface area contributed by atoms with Gasteiger partial charge >= 0.3 is 0 Å². The average molecular weight is 405 g/mol. The summed E-state index contributed by atoms with van der Waals surface area (Å²) >= 11 is 1.56. The van der Waals surface area contributed by atoms with E-state index in [0.29, 0.717) is 12.1 Å². The molecule has 0 saturated carbocycles. The highest BCUT2D eigenvalue weighted by Crippen LogP contribution is 2.38. The summed E-state index contributed by atoms with van der Waals surface area (Å²) in [6.07, 6.45) is 0.680. The number of nitrogens with zero attached hydrogens (tertiary/aromatic N) is 1. The molecule has 0 fully saturated rings. The third kappa shape index (κ3) is 3.90. The van der Waals surface area contributed by atoms with Crippen LogP contribution in [0.25, 0.3) is 0 Å². The zero-order valence-corrected chi connectivity index (χ0v) is 17.8. The van der Waals surface area contributed by atoms with Crippen LogP contribution in [0.1, 0.15) is 22.3 Å². The molecule has 1 atom stereocenters. The Morgan fingerprint density at radius 2 is 1.85 bits per heavy atom. The number of hydrogen-bond acceptors (Lipinski definition) is 4. The zero-order chi connectivity index (χ0) is 19.9. The van der Waals surface area contributed by atoms with Crippen LogP contribution in [0.3, 0.4) is 0 Å². The van der Waals surface area contributed by atoms with Crippen molar-refractivity contribution >= 4 is 33.4 Å². The Morgan fingerprint density at radius 1 is 1.15 bits per heavy atom. The fourth-order valence-electron chi connectivity index (χ4n) is 3.01. The summed E-state index contributed by atoms with van der Waals surface area (Å²) < 4.78 is 26.1. The first-order valence-corrected chi connectivity index (χ1v) is 11.0. The van der Waals surface area contributed by atoms with Crippen molar-refractivity contribution < 1.29 is 13.2 Å². The SMILES string of the molecule is Cc1ccc2c(c1)S[C@@H](C(=O)Nc1cc(S(=O)(=O)N(C)C)cc(C)c1C)C2. The second-order valence-corrected chi connectivity index (χ2v) is 10.5. The average Bonchev–Trinajstić information content (AvgIpc) is 3.01. The Morgan fingerprint density at radius 3 is 2.52 bits per heavy atom. The van der Waals surface area contributed by atoms with Gasteiger partial charge in [0.05, 0.1) is 10.1 Å². The van der Waals surface area contributed by atoms with Gasteiger partial charge < -0.3 is 5.32 Å². The molecule has 1 N–H and O–H groups in total. The second kappa shape index (κ2) is 7.30. The van der Waals surface area contributed by atoms with E-state index in [-0.39, 0.29) is 16.1 Å². The normalized spacial score (nSPS) is 16.4. The van der Waals surface area contributed by atoms with Gasteiger partial charge in [0.15, 0.2) is 0 Å². The van der Waals surface area contributed by atoms with Crippen molar-refractivity contribution in [3.63, 3.8) is 0 Å². The highest BCUT2D eigenvalue weighted by Gasteiger charge is 2.29. The van der Waals surface area contributed by atoms with Crippen LogP contribution in [-0.4, -0.2) is 38.0 Å². The van der Waals surface area contributed by atoms with Crippen molar-refractivity contribution in [1.82, 2.24) is 4.31 Å². The summed E-state index contributed by atoms with van der Waals surface area (Å²) in [7, 11) is -0.571. The summed E-state index contributed by atoms with van der Waals surface area (Å²) in [4.78, 5) is 14.2. The monoisotopic (exact) mass is 404 g/mol. The summed E-state index contributed by atoms with van der Waals surface area (Å²) in [6.45, 7) is 5.77. The van der Waals surface area contributed by atoms with Crippen LogP contribution in [-0.2, 0) is 21.2 Å². The Bertz CT molecular complexity index is 1010. The van der Waals surface area contributed by atoms with Crippen LogP contribution >= 0.6 is 11.8 Å². The largest absolute Gasteiger partial charge is 0.325 e. The van der Waals surface area contributed by atoms with E-state index in [9.17, 15) is 13.2 Å². The first-order chi connectivity index (χ1) is 12.6. The molecule has 144 valence electrons. The van der Waals surface area contributed by atoms with Gasteiger partial charge in [-0.2, -0.15) is 0 Å². The van der Waals surface area contributed by atoms with Gasteiger partial charge in [-0.1, -0.05) is 17.7 Å². The predicted octanol–water partition coefficient (Wildman–Crippen LogP) is 3.52. The van der Waals surface area contributed by atoms with E-state index in [2.05, 4.69) is 23.5 Å². The van der Waals surface area contributed by atoms with E-state index in [1.165, 1.54) is 29.5 Å². The van der Waals surface area contributed by atoms with Crippen LogP contribution in [0.15, 0.2) is 40.1 Å². The number of carbonyl (C=O) groups excluding carboxylic acids is 1. The van der Waals surface area contributed by atoms with Crippen LogP contribution in [0.2, 0.25) is 0 Å². The van der Waals surface area contributed by atoms with E-state index in [4.69, 9.17) is 0 Å². The maximum Gasteiger partial charge on any atom is 0.242 e. The summed E-state index contributed by atoms with van der Waals surface area (Å²) in [5.74, 6) is -0.101. The Kier molecular flexibility index (Phi) is 5.38. The molecule has 2 aromatic carbocycles. The lowest BCUT2D eigenvalue weighted by molar-refractivity contribution is -0.115. The molecule has 5 nitrogen and oxygen atoms in total. The molecule has 3 rings (SSSR count). The molecule has 2 aromatic rings. The maximum absolute atomic E-state index is 12.8. The van der Waals surface area contributed by atoms with E-state index in [1.54, 1.807) is 23.9 Å². The molecule has 0 saturated heterocycles. The van der Waals surface area contributed by atoms with Gasteiger partial charge in [0.1, 0.15) is 0 Å². The number of benzene rings is 2. The minimum atomic E-state index is -3.57. The van der Waals surface area contributed by atoms with Crippen molar-refractivity contribution in [2.24, 2.45) is 0 Å². The van der Waals surface area contributed by atoms with Crippen LogP contribution in [0.5, 0.6) is 0 Å². The van der Waals surface area contributed by atoms with Gasteiger partial charge in [-0.05, 0) is 62.1 Å². The fourth-order valence-corrected chi connectivity index (χ4v) is 5.32. The number of carbonyl (C=O) groups is 1. The van der Waals surface area contributed by atoms with Crippen molar-refractivity contribution in [2.75, 3.05) is 19.4 Å². The molecule has 0 aromatic heterocycles. The first kappa shape index (κ1) is 19.9. The van der Waals surface area contributed by atoms with E-state index >= 15 is 0 Å². The second-order valence-electron chi connectivity index (χ2n) is 7.11. The van der Waals surface area contributed by atoms with Crippen molar-refractivity contribution in [3.05, 3.63) is 52.6 Å². The van der Waals surface area contributed by atoms with Crippen molar-refractivity contribution in [3.8, 4) is 0 Å². The number of sulfonamides is 1. The van der Waals surface area contributed by atoms with Gasteiger partial charge in [-0.3, -0.25) is 4.79 Å². The molecule has 0 radical (unpaired) electrons. The third-order valence-electron chi connectivity index (χ3n) is 4.87. The van der Waals surface area contributed by atoms with Crippen LogP contribution in [0, 0.1) is 20.8 Å². The van der Waals surface area contributed by atoms with Crippen LogP contribution < -0.4 is 5.32 Å². The van der Waals surface area contributed by atoms with Gasteiger partial charge in [-0.15, -0.1) is 11.8 Å². The minimum Gasteiger partial charge on any atom is -0.325 e. The molecule has 1 aliphatic heterocycles. The number of hydrogen-bond donors (Lipinski definition) is 1. The maximum atomic E-state index is 12.8. The smallest absolute Gasteiger partial charge is 0.242 e. The van der Waals surface area contributed by atoms with Gasteiger partial charge in [0.25, 0.3) is 0 Å². The zero-order valence-electron chi connectivity index (χ0n) is 16.2. The number of nitrogens with one attached hydrogen (secondary N) is 1. The van der Waals surface area contributed by atoms with E-state index in [1.807, 2.05) is 20.8 Å². The first-order valence-electron chi connectivity index (χ1n) is 8.70. The third-order valence-corrected chi connectivity index (χ3v) is 7.96. The molecule has 0 bridgehead atoms. The standard InChI is InChI=1S/C20H24N2O3S2/c1-12-6-7-15-10-19(26-18(15)8-12)20(23)21-17-11-16(9-13(2)14(17)3)27(24,25)22(4)5/h6-9,11,19H,10H2,1-5H3,(H,21,23)/t19-/m1/s1. The quantitative estimate of drug-likeness (QED) is 0.847. The molecule has 1 amide bonds. The minimum absolute atomic E-state index is 0.101. The highest BCUT2D eigenvalue weighted by molar-refractivity contribution is 8.01. The fraction of sp³-hybridized carbons (Fsp3) is 0.350. The van der Waals surface area contributed by atoms with E-state index < -0.39 is 10.0 Å². The van der Waals surface area contributed by atoms with E-state index in [0.717, 1.165) is 16.0 Å². The number of aryl methyl sites for hydroxylation is 2. The Hall–Kier alpha value is -1.83. The number of amides is 1. The summed E-state index contributed by atoms with van der Waals surface area (Å²) in [5.41, 5.74) is 4.61. The summed E-state index contributed by atoms with van der Waals surface area (Å²) in [6, 6.07) is 9.43. The highest BCUT2D eigenvalue weighted by atomic mass is 32.2. The Balaban J connectivity index is 1.86. The lowest BCUT2D eigenvalue weighted by atomic mass is 10.1. The molecule has 0 spiro atoms. The molecule has 27 heavy (non-hydrogen) atoms. The number of rotatable bonds is 4. The molecule has 1 aliphatic rings. The molecule has 1 heterocycles. The molecular weight excluding hydrogens is 380 g/mol. The Labute approximate surface area is 165 Å². The molecule has 0 aliphatic carbocycles. The molecule has 0 unspecified atom stereocenters. The number of fused-ring (bicyclic) bond motifs is 1. The lowest BCUT2D eigenvalue weighted by Crippen LogP contribution is -2.26. The van der Waals surface area contributed by atoms with Gasteiger partial charge in [0.2, 0.25) is 15.9 Å². The molecule has 7 heteroatoms. The van der Waals surface area contributed by atoms with Crippen LogP contribution in [0.4, 0.5) is 5.69 Å². The lowest BCUT2D eigenvalue weighted by Gasteiger charge is -2.17. The van der Waals surface area contributed by atoms with Crippen molar-refractivity contribution in [1.29, 1.82) is 0 Å². The number of anilines is 1. The van der Waals surface area contributed by atoms with Gasteiger partial charge in [0, 0.05) is 24.7 Å².